The molecule has 2 aromatic rings. The predicted octanol–water partition coefficient (Wildman–Crippen LogP) is 0.364. The second kappa shape index (κ2) is 8.55. The Morgan fingerprint density at radius 3 is 1.04 bits per heavy atom. The lowest BCUT2D eigenvalue weighted by molar-refractivity contribution is -0.139. The van der Waals surface area contributed by atoms with Crippen LogP contribution in [0.3, 0.4) is 0 Å². The topological polar surface area (TPSA) is 208 Å². The van der Waals surface area contributed by atoms with Crippen molar-refractivity contribution in [2.45, 2.75) is 12.1 Å². The van der Waals surface area contributed by atoms with Gasteiger partial charge >= 0.3 is 11.9 Å². The van der Waals surface area contributed by atoms with Crippen LogP contribution in [0.4, 0.5) is 0 Å². The maximum atomic E-state index is 10.4. The van der Waals surface area contributed by atoms with Crippen molar-refractivity contribution in [3.63, 3.8) is 0 Å². The van der Waals surface area contributed by atoms with Crippen molar-refractivity contribution >= 4 is 11.9 Å². The van der Waals surface area contributed by atoms with Crippen LogP contribution in [-0.2, 0) is 9.59 Å². The molecule has 0 fully saturated rings. The zero-order valence-corrected chi connectivity index (χ0v) is 13.3. The fourth-order valence-electron chi connectivity index (χ4n) is 1.88. The van der Waals surface area contributed by atoms with E-state index in [9.17, 15) is 9.59 Å². The monoisotopic (exact) mass is 366 g/mol. The summed E-state index contributed by atoms with van der Waals surface area (Å²) in [4.78, 5) is 20.9. The average molecular weight is 366 g/mol. The van der Waals surface area contributed by atoms with Crippen LogP contribution in [0.5, 0.6) is 23.0 Å². The van der Waals surface area contributed by atoms with E-state index in [1.807, 2.05) is 0 Å². The second-order valence-electron chi connectivity index (χ2n) is 5.20. The Kier molecular flexibility index (Phi) is 6.76. The highest BCUT2D eigenvalue weighted by atomic mass is 16.4. The number of carboxylic acids is 2. The molecule has 10 heteroatoms. The number of hydrogen-bond acceptors (Lipinski definition) is 8. The zero-order chi connectivity index (χ0) is 20.0. The quantitative estimate of drug-likeness (QED) is 0.372. The third-order valence-corrected chi connectivity index (χ3v) is 3.10. The molecule has 0 aliphatic heterocycles. The summed E-state index contributed by atoms with van der Waals surface area (Å²) >= 11 is 0. The van der Waals surface area contributed by atoms with E-state index in [0.29, 0.717) is 0 Å². The van der Waals surface area contributed by atoms with Gasteiger partial charge in [-0.25, -0.2) is 0 Å². The van der Waals surface area contributed by atoms with Gasteiger partial charge in [-0.1, -0.05) is 0 Å². The first-order valence-electron chi connectivity index (χ1n) is 7.04. The molecule has 10 N–H and O–H groups in total. The molecule has 0 bridgehead atoms. The standard InChI is InChI=1S/2C8H9NO4/c2*9-7(8(12)13)4-1-5(10)3-6(11)2-4/h2*1-3,7,10-11H,9H2,(H,12,13)/t2*7-/m00/s1. The van der Waals surface area contributed by atoms with E-state index in [-0.39, 0.29) is 34.1 Å². The Bertz CT molecular complexity index is 701. The third-order valence-electron chi connectivity index (χ3n) is 3.10. The van der Waals surface area contributed by atoms with E-state index in [2.05, 4.69) is 0 Å². The normalized spacial score (nSPS) is 12.4. The third kappa shape index (κ3) is 5.85. The number of carbonyl (C=O) groups is 2. The summed E-state index contributed by atoms with van der Waals surface area (Å²) < 4.78 is 0. The minimum atomic E-state index is -1.24. The summed E-state index contributed by atoms with van der Waals surface area (Å²) in [6.45, 7) is 0. The summed E-state index contributed by atoms with van der Waals surface area (Å²) in [7, 11) is 0. The van der Waals surface area contributed by atoms with E-state index in [0.717, 1.165) is 12.1 Å². The first-order valence-corrected chi connectivity index (χ1v) is 7.04. The smallest absolute Gasteiger partial charge is 0.325 e. The highest BCUT2D eigenvalue weighted by Gasteiger charge is 2.16. The molecule has 0 aliphatic rings. The lowest BCUT2D eigenvalue weighted by Gasteiger charge is -2.07. The van der Waals surface area contributed by atoms with Crippen molar-refractivity contribution in [3.8, 4) is 23.0 Å². The van der Waals surface area contributed by atoms with Crippen LogP contribution in [0, 0.1) is 0 Å². The molecule has 0 heterocycles. The Balaban J connectivity index is 0.000000260. The summed E-state index contributed by atoms with van der Waals surface area (Å²) in [6, 6.07) is 4.49. The average Bonchev–Trinajstić information content (AvgIpc) is 2.51. The van der Waals surface area contributed by atoms with Crippen LogP contribution in [-0.4, -0.2) is 42.6 Å². The molecule has 0 spiro atoms. The van der Waals surface area contributed by atoms with Gasteiger partial charge in [-0.3, -0.25) is 9.59 Å². The molecule has 2 aromatic carbocycles. The molecular formula is C16H18N2O8. The predicted molar refractivity (Wildman–Crippen MR) is 88.7 cm³/mol. The Morgan fingerprint density at radius 1 is 0.615 bits per heavy atom. The molecule has 0 radical (unpaired) electrons. The van der Waals surface area contributed by atoms with Gasteiger partial charge < -0.3 is 42.1 Å². The second-order valence-corrected chi connectivity index (χ2v) is 5.20. The highest BCUT2D eigenvalue weighted by Crippen LogP contribution is 2.24. The van der Waals surface area contributed by atoms with Crippen LogP contribution in [0.25, 0.3) is 0 Å². The van der Waals surface area contributed by atoms with E-state index >= 15 is 0 Å². The van der Waals surface area contributed by atoms with Gasteiger partial charge in [0.25, 0.3) is 0 Å². The number of aromatic hydroxyl groups is 4. The molecule has 2 rings (SSSR count). The number of nitrogens with two attached hydrogens (primary N) is 2. The number of carboxylic acid groups (broad SMARTS) is 2. The molecular weight excluding hydrogens is 348 g/mol. The van der Waals surface area contributed by atoms with Crippen LogP contribution >= 0.6 is 0 Å². The van der Waals surface area contributed by atoms with Crippen molar-refractivity contribution in [2.24, 2.45) is 11.5 Å². The summed E-state index contributed by atoms with van der Waals surface area (Å²) in [5, 5.41) is 53.1. The number of phenolic OH excluding ortho intramolecular Hbond substituents is 4. The lowest BCUT2D eigenvalue weighted by atomic mass is 10.1. The molecule has 0 amide bonds. The Hall–Kier alpha value is -3.50. The molecule has 0 saturated carbocycles. The van der Waals surface area contributed by atoms with Gasteiger partial charge in [-0.15, -0.1) is 0 Å². The molecule has 140 valence electrons. The van der Waals surface area contributed by atoms with E-state index in [1.54, 1.807) is 0 Å². The SMILES string of the molecule is N[C@H](C(=O)O)c1cc(O)cc(O)c1.N[C@H](C(=O)O)c1cc(O)cc(O)c1. The first kappa shape index (κ1) is 20.5. The number of aliphatic carboxylic acids is 2. The summed E-state index contributed by atoms with van der Waals surface area (Å²) in [5.74, 6) is -3.30. The zero-order valence-electron chi connectivity index (χ0n) is 13.3. The molecule has 0 aromatic heterocycles. The number of phenols is 4. The highest BCUT2D eigenvalue weighted by molar-refractivity contribution is 5.76. The minimum Gasteiger partial charge on any atom is -0.508 e. The molecule has 0 saturated heterocycles. The van der Waals surface area contributed by atoms with Gasteiger partial charge in [0, 0.05) is 12.1 Å². The number of benzene rings is 2. The molecule has 10 nitrogen and oxygen atoms in total. The molecule has 0 aliphatic carbocycles. The van der Waals surface area contributed by atoms with Crippen LogP contribution in [0.1, 0.15) is 23.2 Å². The maximum Gasteiger partial charge on any atom is 0.325 e. The van der Waals surface area contributed by atoms with Gasteiger partial charge in [0.2, 0.25) is 0 Å². The van der Waals surface area contributed by atoms with E-state index in [1.165, 1.54) is 24.3 Å². The summed E-state index contributed by atoms with van der Waals surface area (Å²) in [6.07, 6.45) is 0. The number of hydrogen-bond donors (Lipinski definition) is 8. The fourth-order valence-corrected chi connectivity index (χ4v) is 1.88. The first-order chi connectivity index (χ1) is 12.0. The van der Waals surface area contributed by atoms with Crippen LogP contribution < -0.4 is 11.5 Å². The van der Waals surface area contributed by atoms with Gasteiger partial charge in [-0.05, 0) is 35.4 Å². The molecule has 0 unspecified atom stereocenters. The largest absolute Gasteiger partial charge is 0.508 e. The van der Waals surface area contributed by atoms with Crippen LogP contribution in [0.15, 0.2) is 36.4 Å². The van der Waals surface area contributed by atoms with Crippen molar-refractivity contribution in [3.05, 3.63) is 47.5 Å². The van der Waals surface area contributed by atoms with E-state index < -0.39 is 24.0 Å². The van der Waals surface area contributed by atoms with Gasteiger partial charge in [0.15, 0.2) is 0 Å². The van der Waals surface area contributed by atoms with Crippen molar-refractivity contribution in [2.75, 3.05) is 0 Å². The Morgan fingerprint density at radius 2 is 0.846 bits per heavy atom. The maximum absolute atomic E-state index is 10.4. The van der Waals surface area contributed by atoms with E-state index in [4.69, 9.17) is 42.1 Å². The van der Waals surface area contributed by atoms with Crippen LogP contribution in [0.2, 0.25) is 0 Å². The van der Waals surface area contributed by atoms with Gasteiger partial charge in [0.1, 0.15) is 35.1 Å². The lowest BCUT2D eigenvalue weighted by Crippen LogP contribution is -2.20. The van der Waals surface area contributed by atoms with Crippen molar-refractivity contribution in [1.82, 2.24) is 0 Å². The summed E-state index contributed by atoms with van der Waals surface area (Å²) in [5.41, 5.74) is 10.8. The van der Waals surface area contributed by atoms with Crippen molar-refractivity contribution < 1.29 is 40.2 Å². The fraction of sp³-hybridized carbons (Fsp3) is 0.125. The van der Waals surface area contributed by atoms with Crippen molar-refractivity contribution in [1.29, 1.82) is 0 Å². The number of rotatable bonds is 4. The Labute approximate surface area is 147 Å². The molecule has 26 heavy (non-hydrogen) atoms. The van der Waals surface area contributed by atoms with Gasteiger partial charge in [0.05, 0.1) is 0 Å². The molecule has 2 atom stereocenters. The minimum absolute atomic E-state index is 0.157. The van der Waals surface area contributed by atoms with Gasteiger partial charge in [-0.2, -0.15) is 0 Å².